The number of hydrogen-bond donors (Lipinski definition) is 0. The van der Waals surface area contributed by atoms with Crippen molar-refractivity contribution in [2.45, 2.75) is 13.0 Å². The zero-order valence-corrected chi connectivity index (χ0v) is 8.35. The summed E-state index contributed by atoms with van der Waals surface area (Å²) in [5.41, 5.74) is 1.83. The van der Waals surface area contributed by atoms with Gasteiger partial charge in [-0.1, -0.05) is 0 Å². The van der Waals surface area contributed by atoms with E-state index in [1.165, 1.54) is 0 Å². The molecule has 78 valence electrons. The molecule has 0 unspecified atom stereocenters. The van der Waals surface area contributed by atoms with Crippen molar-refractivity contribution in [2.75, 3.05) is 13.1 Å². The molecule has 0 bridgehead atoms. The van der Waals surface area contributed by atoms with E-state index in [1.807, 2.05) is 27.8 Å². The lowest BCUT2D eigenvalue weighted by Gasteiger charge is -2.31. The average Bonchev–Trinajstić information content (AvgIpc) is 2.66. The van der Waals surface area contributed by atoms with Gasteiger partial charge in [0.15, 0.2) is 5.58 Å². The number of amides is 1. The summed E-state index contributed by atoms with van der Waals surface area (Å²) in [6.45, 7) is 2.24. The largest absolute Gasteiger partial charge is 0.463 e. The van der Waals surface area contributed by atoms with E-state index in [0.717, 1.165) is 30.6 Å². The lowest BCUT2D eigenvalue weighted by molar-refractivity contribution is -0.135. The van der Waals surface area contributed by atoms with Gasteiger partial charge in [0.05, 0.1) is 11.8 Å². The zero-order chi connectivity index (χ0) is 10.3. The summed E-state index contributed by atoms with van der Waals surface area (Å²) in [6, 6.07) is 3.78. The molecule has 1 fully saturated rings. The molecule has 2 aromatic rings. The van der Waals surface area contributed by atoms with Gasteiger partial charge in [-0.25, -0.2) is 0 Å². The number of carbonyl (C=O) groups is 1. The molecule has 0 aliphatic carbocycles. The topological polar surface area (TPSA) is 38.4 Å². The van der Waals surface area contributed by atoms with Crippen molar-refractivity contribution in [1.29, 1.82) is 0 Å². The SMILES string of the molecule is O=C(Cn1ccc2occc21)N1CCC1. The first-order valence-corrected chi connectivity index (χ1v) is 5.15. The van der Waals surface area contributed by atoms with Crippen LogP contribution in [0.15, 0.2) is 29.0 Å². The number of rotatable bonds is 2. The molecule has 0 aromatic carbocycles. The highest BCUT2D eigenvalue weighted by atomic mass is 16.3. The Morgan fingerprint density at radius 2 is 2.27 bits per heavy atom. The fourth-order valence-electron chi connectivity index (χ4n) is 1.86. The summed E-state index contributed by atoms with van der Waals surface area (Å²) in [5, 5.41) is 0. The van der Waals surface area contributed by atoms with Gasteiger partial charge < -0.3 is 13.9 Å². The summed E-state index contributed by atoms with van der Waals surface area (Å²) >= 11 is 0. The van der Waals surface area contributed by atoms with Gasteiger partial charge in [-0.3, -0.25) is 4.79 Å². The molecule has 2 aromatic heterocycles. The van der Waals surface area contributed by atoms with Crippen molar-refractivity contribution in [3.8, 4) is 0 Å². The molecule has 1 saturated heterocycles. The maximum atomic E-state index is 11.7. The molecule has 0 atom stereocenters. The first-order valence-electron chi connectivity index (χ1n) is 5.15. The van der Waals surface area contributed by atoms with Gasteiger partial charge in [0.25, 0.3) is 0 Å². The van der Waals surface area contributed by atoms with Gasteiger partial charge in [0.1, 0.15) is 6.54 Å². The van der Waals surface area contributed by atoms with E-state index in [0.29, 0.717) is 6.54 Å². The Bertz CT molecular complexity index is 493. The standard InChI is InChI=1S/C11H12N2O2/c14-11(12-4-1-5-12)8-13-6-2-10-9(13)3-7-15-10/h2-3,6-7H,1,4-5,8H2. The van der Waals surface area contributed by atoms with Crippen molar-refractivity contribution in [2.24, 2.45) is 0 Å². The van der Waals surface area contributed by atoms with Crippen LogP contribution in [0.1, 0.15) is 6.42 Å². The molecule has 0 saturated carbocycles. The molecule has 0 spiro atoms. The summed E-state index contributed by atoms with van der Waals surface area (Å²) in [6.07, 6.45) is 4.68. The van der Waals surface area contributed by atoms with Crippen LogP contribution < -0.4 is 0 Å². The first kappa shape index (κ1) is 8.59. The van der Waals surface area contributed by atoms with E-state index in [9.17, 15) is 4.79 Å². The Labute approximate surface area is 87.1 Å². The molecule has 4 heteroatoms. The van der Waals surface area contributed by atoms with Gasteiger partial charge in [-0.15, -0.1) is 0 Å². The smallest absolute Gasteiger partial charge is 0.242 e. The lowest BCUT2D eigenvalue weighted by Crippen LogP contribution is -2.43. The fraction of sp³-hybridized carbons (Fsp3) is 0.364. The van der Waals surface area contributed by atoms with Crippen LogP contribution >= 0.6 is 0 Å². The Hall–Kier alpha value is -1.71. The van der Waals surface area contributed by atoms with E-state index < -0.39 is 0 Å². The van der Waals surface area contributed by atoms with Crippen molar-refractivity contribution in [1.82, 2.24) is 9.47 Å². The quantitative estimate of drug-likeness (QED) is 0.743. The highest BCUT2D eigenvalue weighted by Gasteiger charge is 2.20. The van der Waals surface area contributed by atoms with Crippen LogP contribution in [0.25, 0.3) is 11.1 Å². The second-order valence-electron chi connectivity index (χ2n) is 3.85. The summed E-state index contributed by atoms with van der Waals surface area (Å²) in [5.74, 6) is 0.194. The third-order valence-corrected chi connectivity index (χ3v) is 2.90. The van der Waals surface area contributed by atoms with Gasteiger partial charge in [-0.2, -0.15) is 0 Å². The minimum atomic E-state index is 0.194. The van der Waals surface area contributed by atoms with Crippen LogP contribution in [-0.4, -0.2) is 28.5 Å². The average molecular weight is 204 g/mol. The Morgan fingerprint density at radius 3 is 3.00 bits per heavy atom. The van der Waals surface area contributed by atoms with Crippen molar-refractivity contribution in [3.63, 3.8) is 0 Å². The second-order valence-corrected chi connectivity index (χ2v) is 3.85. The Balaban J connectivity index is 1.82. The Kier molecular flexibility index (Phi) is 1.80. The molecule has 0 N–H and O–H groups in total. The van der Waals surface area contributed by atoms with E-state index >= 15 is 0 Å². The Morgan fingerprint density at radius 1 is 1.40 bits per heavy atom. The number of carbonyl (C=O) groups excluding carboxylic acids is 1. The molecular weight excluding hydrogens is 192 g/mol. The zero-order valence-electron chi connectivity index (χ0n) is 8.35. The summed E-state index contributed by atoms with van der Waals surface area (Å²) in [4.78, 5) is 13.6. The number of likely N-dealkylation sites (tertiary alicyclic amines) is 1. The third kappa shape index (κ3) is 1.33. The molecule has 0 radical (unpaired) electrons. The lowest BCUT2D eigenvalue weighted by atomic mass is 10.2. The summed E-state index contributed by atoms with van der Waals surface area (Å²) < 4.78 is 7.17. The highest BCUT2D eigenvalue weighted by molar-refractivity contribution is 5.80. The monoisotopic (exact) mass is 204 g/mol. The van der Waals surface area contributed by atoms with Gasteiger partial charge in [0, 0.05) is 25.4 Å². The molecule has 4 nitrogen and oxygen atoms in total. The van der Waals surface area contributed by atoms with Crippen LogP contribution in [0.4, 0.5) is 0 Å². The second kappa shape index (κ2) is 3.15. The predicted octanol–water partition coefficient (Wildman–Crippen LogP) is 1.47. The summed E-state index contributed by atoms with van der Waals surface area (Å²) in [7, 11) is 0. The molecule has 3 rings (SSSR count). The number of nitrogens with zero attached hydrogens (tertiary/aromatic N) is 2. The molecule has 1 amide bonds. The number of fused-ring (bicyclic) bond motifs is 1. The van der Waals surface area contributed by atoms with Crippen LogP contribution in [0.2, 0.25) is 0 Å². The minimum Gasteiger partial charge on any atom is -0.463 e. The van der Waals surface area contributed by atoms with E-state index in [2.05, 4.69) is 0 Å². The minimum absolute atomic E-state index is 0.194. The molecule has 3 heterocycles. The van der Waals surface area contributed by atoms with Crippen LogP contribution in [-0.2, 0) is 11.3 Å². The first-order chi connectivity index (χ1) is 7.34. The van der Waals surface area contributed by atoms with Crippen LogP contribution in [0, 0.1) is 0 Å². The van der Waals surface area contributed by atoms with E-state index in [-0.39, 0.29) is 5.91 Å². The highest BCUT2D eigenvalue weighted by Crippen LogP contribution is 2.17. The van der Waals surface area contributed by atoms with Gasteiger partial charge in [-0.05, 0) is 12.5 Å². The van der Waals surface area contributed by atoms with Crippen molar-refractivity contribution >= 4 is 17.0 Å². The number of hydrogen-bond acceptors (Lipinski definition) is 2. The van der Waals surface area contributed by atoms with E-state index in [4.69, 9.17) is 4.42 Å². The van der Waals surface area contributed by atoms with Crippen LogP contribution in [0.3, 0.4) is 0 Å². The number of aromatic nitrogens is 1. The van der Waals surface area contributed by atoms with Crippen molar-refractivity contribution in [3.05, 3.63) is 24.6 Å². The molecule has 15 heavy (non-hydrogen) atoms. The third-order valence-electron chi connectivity index (χ3n) is 2.90. The molecular formula is C11H12N2O2. The molecule has 1 aliphatic heterocycles. The fourth-order valence-corrected chi connectivity index (χ4v) is 1.86. The predicted molar refractivity (Wildman–Crippen MR) is 55.4 cm³/mol. The maximum absolute atomic E-state index is 11.7. The van der Waals surface area contributed by atoms with E-state index in [1.54, 1.807) is 6.26 Å². The van der Waals surface area contributed by atoms with Gasteiger partial charge >= 0.3 is 0 Å². The molecule has 1 aliphatic rings. The van der Waals surface area contributed by atoms with Crippen molar-refractivity contribution < 1.29 is 9.21 Å². The maximum Gasteiger partial charge on any atom is 0.242 e. The normalized spacial score (nSPS) is 15.6. The van der Waals surface area contributed by atoms with Crippen LogP contribution in [0.5, 0.6) is 0 Å². The van der Waals surface area contributed by atoms with Gasteiger partial charge in [0.2, 0.25) is 5.91 Å². The number of furan rings is 1.